The van der Waals surface area contributed by atoms with Crippen LogP contribution >= 0.6 is 0 Å². The summed E-state index contributed by atoms with van der Waals surface area (Å²) in [4.78, 5) is 45.5. The predicted octanol–water partition coefficient (Wildman–Crippen LogP) is -0.702. The average Bonchev–Trinajstić information content (AvgIpc) is 2.74. The van der Waals surface area contributed by atoms with Crippen LogP contribution in [0.25, 0.3) is 0 Å². The van der Waals surface area contributed by atoms with Crippen LogP contribution in [0.4, 0.5) is 0 Å². The standard InChI is InChI=1S/C13H18N2O6/c1-9(13(19)20)21-8-6-14-10(16)3-2-7-15-11(17)4-5-12(15)18/h4-5,9H,2-3,6-8H2,1H3,(H,14,16)(H,19,20). The number of imide groups is 1. The van der Waals surface area contributed by atoms with Crippen molar-refractivity contribution in [2.45, 2.75) is 25.9 Å². The van der Waals surface area contributed by atoms with E-state index >= 15 is 0 Å². The summed E-state index contributed by atoms with van der Waals surface area (Å²) in [5.41, 5.74) is 0. The van der Waals surface area contributed by atoms with Crippen LogP contribution in [0, 0.1) is 0 Å². The summed E-state index contributed by atoms with van der Waals surface area (Å²) in [6.45, 7) is 1.92. The molecule has 0 radical (unpaired) electrons. The zero-order valence-corrected chi connectivity index (χ0v) is 11.7. The third kappa shape index (κ3) is 5.74. The molecule has 116 valence electrons. The van der Waals surface area contributed by atoms with Gasteiger partial charge in [0.1, 0.15) is 0 Å². The van der Waals surface area contributed by atoms with Gasteiger partial charge in [-0.15, -0.1) is 0 Å². The third-order valence-corrected chi connectivity index (χ3v) is 2.83. The largest absolute Gasteiger partial charge is 0.479 e. The smallest absolute Gasteiger partial charge is 0.332 e. The summed E-state index contributed by atoms with van der Waals surface area (Å²) in [7, 11) is 0. The zero-order valence-electron chi connectivity index (χ0n) is 11.7. The van der Waals surface area contributed by atoms with E-state index in [1.54, 1.807) is 0 Å². The molecule has 8 nitrogen and oxygen atoms in total. The summed E-state index contributed by atoms with van der Waals surface area (Å²) >= 11 is 0. The maximum Gasteiger partial charge on any atom is 0.332 e. The molecular formula is C13H18N2O6. The zero-order chi connectivity index (χ0) is 15.8. The molecule has 0 spiro atoms. The number of ether oxygens (including phenoxy) is 1. The molecule has 0 saturated carbocycles. The quantitative estimate of drug-likeness (QED) is 0.430. The fourth-order valence-corrected chi connectivity index (χ4v) is 1.64. The van der Waals surface area contributed by atoms with E-state index in [2.05, 4.69) is 5.32 Å². The van der Waals surface area contributed by atoms with Crippen molar-refractivity contribution in [2.75, 3.05) is 19.7 Å². The molecule has 0 aliphatic carbocycles. The minimum absolute atomic E-state index is 0.103. The molecule has 1 aliphatic heterocycles. The van der Waals surface area contributed by atoms with E-state index in [4.69, 9.17) is 9.84 Å². The van der Waals surface area contributed by atoms with Crippen LogP contribution in [0.1, 0.15) is 19.8 Å². The Morgan fingerprint density at radius 1 is 1.33 bits per heavy atom. The van der Waals surface area contributed by atoms with Gasteiger partial charge in [0.2, 0.25) is 5.91 Å². The predicted molar refractivity (Wildman–Crippen MR) is 71.2 cm³/mol. The molecule has 0 aromatic heterocycles. The first-order chi connectivity index (χ1) is 9.91. The number of nitrogens with one attached hydrogen (secondary N) is 1. The number of amides is 3. The summed E-state index contributed by atoms with van der Waals surface area (Å²) in [5, 5.41) is 11.1. The van der Waals surface area contributed by atoms with E-state index in [9.17, 15) is 19.2 Å². The molecule has 0 saturated heterocycles. The molecule has 1 atom stereocenters. The summed E-state index contributed by atoms with van der Waals surface area (Å²) in [6, 6.07) is 0. The van der Waals surface area contributed by atoms with E-state index in [1.807, 2.05) is 0 Å². The number of carbonyl (C=O) groups is 4. The topological polar surface area (TPSA) is 113 Å². The molecule has 0 bridgehead atoms. The van der Waals surface area contributed by atoms with Gasteiger partial charge in [-0.25, -0.2) is 4.79 Å². The van der Waals surface area contributed by atoms with Crippen LogP contribution in [-0.4, -0.2) is 59.5 Å². The second kappa shape index (κ2) is 8.15. The number of carboxylic acid groups (broad SMARTS) is 1. The van der Waals surface area contributed by atoms with Crippen LogP contribution in [0.2, 0.25) is 0 Å². The Balaban J connectivity index is 2.08. The minimum Gasteiger partial charge on any atom is -0.479 e. The molecule has 2 N–H and O–H groups in total. The van der Waals surface area contributed by atoms with Crippen molar-refractivity contribution in [3.05, 3.63) is 12.2 Å². The van der Waals surface area contributed by atoms with Gasteiger partial charge in [0.05, 0.1) is 6.61 Å². The Morgan fingerprint density at radius 2 is 1.95 bits per heavy atom. The molecule has 1 rings (SSSR count). The van der Waals surface area contributed by atoms with Crippen molar-refractivity contribution in [2.24, 2.45) is 0 Å². The van der Waals surface area contributed by atoms with Gasteiger partial charge in [-0.3, -0.25) is 19.3 Å². The first-order valence-corrected chi connectivity index (χ1v) is 6.56. The molecule has 0 fully saturated rings. The van der Waals surface area contributed by atoms with E-state index in [-0.39, 0.29) is 43.8 Å². The lowest BCUT2D eigenvalue weighted by molar-refractivity contribution is -0.149. The van der Waals surface area contributed by atoms with E-state index in [1.165, 1.54) is 19.1 Å². The summed E-state index contributed by atoms with van der Waals surface area (Å²) in [5.74, 6) is -2.03. The lowest BCUT2D eigenvalue weighted by Gasteiger charge is -2.13. The highest BCUT2D eigenvalue weighted by Gasteiger charge is 2.22. The number of carboxylic acids is 1. The molecule has 8 heteroatoms. The third-order valence-electron chi connectivity index (χ3n) is 2.83. The average molecular weight is 298 g/mol. The Hall–Kier alpha value is -2.22. The van der Waals surface area contributed by atoms with Crippen LogP contribution in [0.15, 0.2) is 12.2 Å². The second-order valence-electron chi connectivity index (χ2n) is 4.47. The van der Waals surface area contributed by atoms with Crippen molar-refractivity contribution >= 4 is 23.7 Å². The highest BCUT2D eigenvalue weighted by molar-refractivity contribution is 6.12. The van der Waals surface area contributed by atoms with Crippen molar-refractivity contribution in [3.63, 3.8) is 0 Å². The fraction of sp³-hybridized carbons (Fsp3) is 0.538. The maximum atomic E-state index is 11.5. The van der Waals surface area contributed by atoms with E-state index < -0.39 is 12.1 Å². The van der Waals surface area contributed by atoms with Gasteiger partial charge >= 0.3 is 5.97 Å². The monoisotopic (exact) mass is 298 g/mol. The Labute approximate surface area is 121 Å². The Morgan fingerprint density at radius 3 is 2.52 bits per heavy atom. The van der Waals surface area contributed by atoms with Crippen molar-refractivity contribution < 1.29 is 29.0 Å². The van der Waals surface area contributed by atoms with Gasteiger partial charge < -0.3 is 15.2 Å². The first kappa shape index (κ1) is 16.8. The van der Waals surface area contributed by atoms with Crippen LogP contribution < -0.4 is 5.32 Å². The van der Waals surface area contributed by atoms with Gasteiger partial charge in [0.25, 0.3) is 11.8 Å². The number of rotatable bonds is 9. The molecule has 1 unspecified atom stereocenters. The molecule has 1 aliphatic rings. The van der Waals surface area contributed by atoms with Crippen molar-refractivity contribution in [3.8, 4) is 0 Å². The molecule has 21 heavy (non-hydrogen) atoms. The Bertz CT molecular complexity index is 442. The SMILES string of the molecule is CC(OCCNC(=O)CCCN1C(=O)C=CC1=O)C(=O)O. The van der Waals surface area contributed by atoms with Crippen molar-refractivity contribution in [1.82, 2.24) is 10.2 Å². The normalized spacial score (nSPS) is 15.4. The number of hydrogen-bond acceptors (Lipinski definition) is 5. The van der Waals surface area contributed by atoms with Crippen LogP contribution in [-0.2, 0) is 23.9 Å². The first-order valence-electron chi connectivity index (χ1n) is 6.56. The maximum absolute atomic E-state index is 11.5. The number of carbonyl (C=O) groups excluding carboxylic acids is 3. The van der Waals surface area contributed by atoms with E-state index in [0.717, 1.165) is 4.90 Å². The molecular weight excluding hydrogens is 280 g/mol. The number of nitrogens with zero attached hydrogens (tertiary/aromatic N) is 1. The van der Waals surface area contributed by atoms with Crippen LogP contribution in [0.5, 0.6) is 0 Å². The van der Waals surface area contributed by atoms with Gasteiger partial charge in [0, 0.05) is 31.7 Å². The summed E-state index contributed by atoms with van der Waals surface area (Å²) < 4.78 is 4.95. The highest BCUT2D eigenvalue weighted by atomic mass is 16.5. The van der Waals surface area contributed by atoms with E-state index in [0.29, 0.717) is 6.42 Å². The second-order valence-corrected chi connectivity index (χ2v) is 4.47. The highest BCUT2D eigenvalue weighted by Crippen LogP contribution is 2.05. The lowest BCUT2D eigenvalue weighted by atomic mass is 10.3. The lowest BCUT2D eigenvalue weighted by Crippen LogP contribution is -2.33. The molecule has 3 amide bonds. The van der Waals surface area contributed by atoms with Crippen LogP contribution in [0.3, 0.4) is 0 Å². The van der Waals surface area contributed by atoms with Gasteiger partial charge in [0.15, 0.2) is 6.10 Å². The number of hydrogen-bond donors (Lipinski definition) is 2. The molecule has 0 aromatic rings. The van der Waals surface area contributed by atoms with Crippen molar-refractivity contribution in [1.29, 1.82) is 0 Å². The summed E-state index contributed by atoms with van der Waals surface area (Å²) in [6.07, 6.45) is 2.02. The minimum atomic E-state index is -1.06. The Kier molecular flexibility index (Phi) is 6.54. The molecule has 1 heterocycles. The van der Waals surface area contributed by atoms with Gasteiger partial charge in [-0.1, -0.05) is 0 Å². The fourth-order valence-electron chi connectivity index (χ4n) is 1.64. The van der Waals surface area contributed by atoms with Gasteiger partial charge in [-0.05, 0) is 13.3 Å². The number of aliphatic carboxylic acids is 1. The van der Waals surface area contributed by atoms with Gasteiger partial charge in [-0.2, -0.15) is 0 Å². The molecule has 0 aromatic carbocycles.